The molecule has 2 aliphatic rings. The number of nitrogens with zero attached hydrogens (tertiary/aromatic N) is 2. The van der Waals surface area contributed by atoms with Crippen molar-refractivity contribution in [1.82, 2.24) is 4.98 Å². The van der Waals surface area contributed by atoms with E-state index in [-0.39, 0.29) is 6.04 Å². The molecule has 1 aromatic heterocycles. The van der Waals surface area contributed by atoms with Crippen molar-refractivity contribution < 1.29 is 5.11 Å². The molecule has 26 heavy (non-hydrogen) atoms. The standard InChI is InChI=1S/C22H29N3O/c26-22(18-8-3-1-4-9-18)12-7-10-19(17-22)24-21-16-20(11-13-23-21)25-14-5-2-6-15-25/h1,3-4,8-9,11,13,16,19,26H,2,5-7,10,12,14-15,17H2,(H,23,24)/t19-,22+/m1/s1. The highest BCUT2D eigenvalue weighted by Gasteiger charge is 2.35. The van der Waals surface area contributed by atoms with Gasteiger partial charge in [0.2, 0.25) is 0 Å². The summed E-state index contributed by atoms with van der Waals surface area (Å²) in [6.45, 7) is 2.28. The maximum absolute atomic E-state index is 11.2. The van der Waals surface area contributed by atoms with Gasteiger partial charge < -0.3 is 15.3 Å². The first-order valence-corrected chi connectivity index (χ1v) is 9.98. The number of rotatable bonds is 4. The molecule has 1 saturated heterocycles. The fraction of sp³-hybridized carbons (Fsp3) is 0.500. The molecular formula is C22H29N3O. The van der Waals surface area contributed by atoms with Crippen LogP contribution in [0.5, 0.6) is 0 Å². The average Bonchev–Trinajstić information content (AvgIpc) is 2.70. The number of aromatic nitrogens is 1. The second kappa shape index (κ2) is 7.67. The number of hydrogen-bond acceptors (Lipinski definition) is 4. The van der Waals surface area contributed by atoms with Gasteiger partial charge in [-0.25, -0.2) is 4.98 Å². The second-order valence-electron chi connectivity index (χ2n) is 7.78. The Morgan fingerprint density at radius 2 is 1.85 bits per heavy atom. The Balaban J connectivity index is 1.45. The van der Waals surface area contributed by atoms with Crippen LogP contribution < -0.4 is 10.2 Å². The number of nitrogens with one attached hydrogen (secondary N) is 1. The minimum absolute atomic E-state index is 0.248. The van der Waals surface area contributed by atoms with Gasteiger partial charge in [0.05, 0.1) is 5.60 Å². The molecule has 0 amide bonds. The first-order chi connectivity index (χ1) is 12.7. The van der Waals surface area contributed by atoms with Crippen LogP contribution in [0.15, 0.2) is 48.7 Å². The summed E-state index contributed by atoms with van der Waals surface area (Å²) in [6.07, 6.45) is 9.45. The predicted molar refractivity (Wildman–Crippen MR) is 107 cm³/mol. The second-order valence-corrected chi connectivity index (χ2v) is 7.78. The monoisotopic (exact) mass is 351 g/mol. The molecule has 4 nitrogen and oxygen atoms in total. The van der Waals surface area contributed by atoms with Crippen molar-refractivity contribution in [3.05, 3.63) is 54.2 Å². The molecule has 0 spiro atoms. The third kappa shape index (κ3) is 3.85. The van der Waals surface area contributed by atoms with Gasteiger partial charge in [0.1, 0.15) is 5.82 Å². The Labute approximate surface area is 156 Å². The fourth-order valence-electron chi connectivity index (χ4n) is 4.44. The lowest BCUT2D eigenvalue weighted by molar-refractivity contribution is -0.00471. The molecule has 0 radical (unpaired) electrons. The lowest BCUT2D eigenvalue weighted by Gasteiger charge is -2.38. The van der Waals surface area contributed by atoms with Gasteiger partial charge in [-0.05, 0) is 50.2 Å². The summed E-state index contributed by atoms with van der Waals surface area (Å²) in [6, 6.07) is 14.6. The zero-order chi connectivity index (χ0) is 17.8. The third-order valence-corrected chi connectivity index (χ3v) is 5.85. The Morgan fingerprint density at radius 1 is 1.04 bits per heavy atom. The molecule has 4 rings (SSSR count). The van der Waals surface area contributed by atoms with E-state index in [0.29, 0.717) is 0 Å². The highest BCUT2D eigenvalue weighted by molar-refractivity contribution is 5.54. The number of anilines is 2. The topological polar surface area (TPSA) is 48.4 Å². The molecule has 1 saturated carbocycles. The Morgan fingerprint density at radius 3 is 2.65 bits per heavy atom. The molecule has 0 unspecified atom stereocenters. The summed E-state index contributed by atoms with van der Waals surface area (Å²) < 4.78 is 0. The van der Waals surface area contributed by atoms with Crippen molar-refractivity contribution in [2.75, 3.05) is 23.3 Å². The van der Waals surface area contributed by atoms with E-state index in [1.807, 2.05) is 36.5 Å². The quantitative estimate of drug-likeness (QED) is 0.861. The van der Waals surface area contributed by atoms with Gasteiger partial charge in [0, 0.05) is 43.5 Å². The first kappa shape index (κ1) is 17.3. The van der Waals surface area contributed by atoms with Crippen LogP contribution in [0.1, 0.15) is 50.5 Å². The Kier molecular flexibility index (Phi) is 5.11. The van der Waals surface area contributed by atoms with Crippen molar-refractivity contribution in [1.29, 1.82) is 0 Å². The van der Waals surface area contributed by atoms with Crippen LogP contribution in [-0.2, 0) is 5.60 Å². The van der Waals surface area contributed by atoms with Gasteiger partial charge >= 0.3 is 0 Å². The zero-order valence-electron chi connectivity index (χ0n) is 15.4. The van der Waals surface area contributed by atoms with Crippen LogP contribution in [0.25, 0.3) is 0 Å². The highest BCUT2D eigenvalue weighted by Crippen LogP contribution is 2.38. The molecular weight excluding hydrogens is 322 g/mol. The van der Waals surface area contributed by atoms with Gasteiger partial charge in [-0.1, -0.05) is 30.3 Å². The number of hydrogen-bond donors (Lipinski definition) is 2. The molecule has 2 atom stereocenters. The SMILES string of the molecule is O[C@@]1(c2ccccc2)CCC[C@@H](Nc2cc(N3CCCCC3)ccn2)C1. The van der Waals surface area contributed by atoms with Gasteiger partial charge in [-0.3, -0.25) is 0 Å². The third-order valence-electron chi connectivity index (χ3n) is 5.85. The molecule has 1 aliphatic heterocycles. The maximum atomic E-state index is 11.2. The van der Waals surface area contributed by atoms with Gasteiger partial charge in [0.25, 0.3) is 0 Å². The average molecular weight is 351 g/mol. The maximum Gasteiger partial charge on any atom is 0.128 e. The van der Waals surface area contributed by atoms with Crippen molar-refractivity contribution in [3.63, 3.8) is 0 Å². The van der Waals surface area contributed by atoms with E-state index in [1.54, 1.807) is 0 Å². The Hall–Kier alpha value is -2.07. The van der Waals surface area contributed by atoms with E-state index < -0.39 is 5.60 Å². The molecule has 2 aromatic rings. The van der Waals surface area contributed by atoms with Crippen LogP contribution in [0.2, 0.25) is 0 Å². The summed E-state index contributed by atoms with van der Waals surface area (Å²) in [4.78, 5) is 6.99. The zero-order valence-corrected chi connectivity index (χ0v) is 15.4. The molecule has 1 aliphatic carbocycles. The van der Waals surface area contributed by atoms with Crippen LogP contribution in [0.4, 0.5) is 11.5 Å². The molecule has 2 N–H and O–H groups in total. The van der Waals surface area contributed by atoms with Crippen LogP contribution in [-0.4, -0.2) is 29.2 Å². The van der Waals surface area contributed by atoms with E-state index in [9.17, 15) is 5.11 Å². The molecule has 2 fully saturated rings. The molecule has 4 heteroatoms. The Bertz CT molecular complexity index is 714. The number of aliphatic hydroxyl groups is 1. The minimum atomic E-state index is -0.734. The van der Waals surface area contributed by atoms with E-state index >= 15 is 0 Å². The van der Waals surface area contributed by atoms with Crippen molar-refractivity contribution in [2.24, 2.45) is 0 Å². The summed E-state index contributed by atoms with van der Waals surface area (Å²) in [7, 11) is 0. The normalized spacial score (nSPS) is 26.5. The number of benzene rings is 1. The summed E-state index contributed by atoms with van der Waals surface area (Å²) in [5.41, 5.74) is 1.56. The fourth-order valence-corrected chi connectivity index (χ4v) is 4.44. The van der Waals surface area contributed by atoms with Gasteiger partial charge in [-0.15, -0.1) is 0 Å². The van der Waals surface area contributed by atoms with Crippen molar-refractivity contribution >= 4 is 11.5 Å². The highest BCUT2D eigenvalue weighted by atomic mass is 16.3. The van der Waals surface area contributed by atoms with E-state index in [1.165, 1.54) is 24.9 Å². The first-order valence-electron chi connectivity index (χ1n) is 9.98. The van der Waals surface area contributed by atoms with Crippen molar-refractivity contribution in [3.8, 4) is 0 Å². The number of pyridine rings is 1. The van der Waals surface area contributed by atoms with Crippen molar-refractivity contribution in [2.45, 2.75) is 56.6 Å². The molecule has 1 aromatic carbocycles. The minimum Gasteiger partial charge on any atom is -0.385 e. The van der Waals surface area contributed by atoms with Gasteiger partial charge in [-0.2, -0.15) is 0 Å². The van der Waals surface area contributed by atoms with E-state index in [4.69, 9.17) is 0 Å². The summed E-state index contributed by atoms with van der Waals surface area (Å²) in [5, 5.41) is 14.8. The molecule has 138 valence electrons. The van der Waals surface area contributed by atoms with Crippen LogP contribution in [0.3, 0.4) is 0 Å². The van der Waals surface area contributed by atoms with Crippen LogP contribution in [0, 0.1) is 0 Å². The summed E-state index contributed by atoms with van der Waals surface area (Å²) in [5.74, 6) is 0.926. The largest absolute Gasteiger partial charge is 0.385 e. The van der Waals surface area contributed by atoms with E-state index in [2.05, 4.69) is 27.3 Å². The van der Waals surface area contributed by atoms with E-state index in [0.717, 1.165) is 50.2 Å². The smallest absolute Gasteiger partial charge is 0.128 e. The van der Waals surface area contributed by atoms with Crippen LogP contribution >= 0.6 is 0 Å². The lowest BCUT2D eigenvalue weighted by Crippen LogP contribution is -2.38. The molecule has 2 heterocycles. The predicted octanol–water partition coefficient (Wildman–Crippen LogP) is 4.31. The molecule has 0 bridgehead atoms. The van der Waals surface area contributed by atoms with Gasteiger partial charge in [0.15, 0.2) is 0 Å². The number of piperidine rings is 1. The summed E-state index contributed by atoms with van der Waals surface area (Å²) >= 11 is 0. The lowest BCUT2D eigenvalue weighted by atomic mass is 9.77.